The highest BCUT2D eigenvalue weighted by atomic mass is 16.5. The van der Waals surface area contributed by atoms with Crippen molar-refractivity contribution in [3.8, 4) is 5.75 Å². The number of ether oxygens (including phenoxy) is 1. The van der Waals surface area contributed by atoms with Crippen LogP contribution in [0.4, 0.5) is 10.5 Å². The predicted molar refractivity (Wildman–Crippen MR) is 106 cm³/mol. The van der Waals surface area contributed by atoms with Crippen LogP contribution in [0.25, 0.3) is 0 Å². The maximum Gasteiger partial charge on any atom is 0.329 e. The van der Waals surface area contributed by atoms with E-state index in [0.29, 0.717) is 30.9 Å². The standard InChI is InChI=1S/C21H27N3O5/c1-29-16-7-5-15(6-8-16)24-19(26)17(22-20(24)27)12-18(25)23-11-10-21(28)9-3-2-4-14(21)13-23/h5-8,14,17,28H,2-4,9-13H2,1H3,(H,22,27)/t14-,17+,21-/m1/s1. The number of urea groups is 1. The second kappa shape index (κ2) is 7.67. The van der Waals surface area contributed by atoms with Gasteiger partial charge in [0.25, 0.3) is 5.91 Å². The lowest BCUT2D eigenvalue weighted by atomic mass is 9.71. The van der Waals surface area contributed by atoms with Crippen LogP contribution in [0.1, 0.15) is 38.5 Å². The van der Waals surface area contributed by atoms with Crippen LogP contribution in [-0.2, 0) is 9.59 Å². The number of hydrogen-bond acceptors (Lipinski definition) is 5. The molecule has 3 fully saturated rings. The number of amides is 4. The number of piperidine rings is 1. The minimum absolute atomic E-state index is 0.0671. The van der Waals surface area contributed by atoms with Crippen LogP contribution in [0.5, 0.6) is 5.75 Å². The van der Waals surface area contributed by atoms with Gasteiger partial charge in [-0.3, -0.25) is 9.59 Å². The molecule has 1 aromatic carbocycles. The molecule has 4 amide bonds. The first-order valence-corrected chi connectivity index (χ1v) is 10.2. The van der Waals surface area contributed by atoms with Gasteiger partial charge in [-0.25, -0.2) is 9.69 Å². The van der Waals surface area contributed by atoms with E-state index in [9.17, 15) is 19.5 Å². The number of carbonyl (C=O) groups is 3. The van der Waals surface area contributed by atoms with E-state index in [4.69, 9.17) is 4.74 Å². The van der Waals surface area contributed by atoms with Crippen LogP contribution < -0.4 is 15.0 Å². The molecule has 156 valence electrons. The highest BCUT2D eigenvalue weighted by molar-refractivity contribution is 6.22. The van der Waals surface area contributed by atoms with Gasteiger partial charge in [0.15, 0.2) is 0 Å². The Morgan fingerprint density at radius 3 is 2.72 bits per heavy atom. The van der Waals surface area contributed by atoms with Crippen LogP contribution in [-0.4, -0.2) is 59.7 Å². The molecule has 4 rings (SSSR count). The summed E-state index contributed by atoms with van der Waals surface area (Å²) in [7, 11) is 1.54. The van der Waals surface area contributed by atoms with E-state index in [0.717, 1.165) is 30.6 Å². The van der Waals surface area contributed by atoms with E-state index in [1.54, 1.807) is 36.3 Å². The molecule has 2 N–H and O–H groups in total. The summed E-state index contributed by atoms with van der Waals surface area (Å²) in [6, 6.07) is 5.22. The molecule has 3 atom stereocenters. The van der Waals surface area contributed by atoms with Crippen molar-refractivity contribution in [1.29, 1.82) is 0 Å². The van der Waals surface area contributed by atoms with Crippen molar-refractivity contribution in [2.24, 2.45) is 5.92 Å². The van der Waals surface area contributed by atoms with Crippen molar-refractivity contribution in [2.45, 2.75) is 50.2 Å². The fourth-order valence-corrected chi connectivity index (χ4v) is 4.75. The van der Waals surface area contributed by atoms with Gasteiger partial charge in [-0.1, -0.05) is 12.8 Å². The molecule has 2 aliphatic heterocycles. The van der Waals surface area contributed by atoms with Crippen LogP contribution >= 0.6 is 0 Å². The Bertz CT molecular complexity index is 811. The van der Waals surface area contributed by atoms with E-state index in [1.165, 1.54) is 0 Å². The van der Waals surface area contributed by atoms with Crippen LogP contribution in [0.2, 0.25) is 0 Å². The maximum absolute atomic E-state index is 12.8. The molecular formula is C21H27N3O5. The summed E-state index contributed by atoms with van der Waals surface area (Å²) in [5, 5.41) is 13.4. The monoisotopic (exact) mass is 401 g/mol. The van der Waals surface area contributed by atoms with Crippen molar-refractivity contribution in [3.63, 3.8) is 0 Å². The Morgan fingerprint density at radius 1 is 1.24 bits per heavy atom. The summed E-state index contributed by atoms with van der Waals surface area (Å²) >= 11 is 0. The molecule has 1 aliphatic carbocycles. The molecule has 8 heteroatoms. The van der Waals surface area contributed by atoms with Crippen LogP contribution in [0.15, 0.2) is 24.3 Å². The molecule has 0 bridgehead atoms. The van der Waals surface area contributed by atoms with Gasteiger partial charge in [0, 0.05) is 19.0 Å². The van der Waals surface area contributed by atoms with E-state index in [-0.39, 0.29) is 18.2 Å². The van der Waals surface area contributed by atoms with Gasteiger partial charge < -0.3 is 20.1 Å². The third-order valence-electron chi connectivity index (χ3n) is 6.51. The Labute approximate surface area is 169 Å². The van der Waals surface area contributed by atoms with E-state index < -0.39 is 23.6 Å². The second-order valence-corrected chi connectivity index (χ2v) is 8.21. The van der Waals surface area contributed by atoms with Gasteiger partial charge in [-0.2, -0.15) is 0 Å². The van der Waals surface area contributed by atoms with Crippen molar-refractivity contribution < 1.29 is 24.2 Å². The highest BCUT2D eigenvalue weighted by Crippen LogP contribution is 2.40. The summed E-state index contributed by atoms with van der Waals surface area (Å²) < 4.78 is 5.10. The largest absolute Gasteiger partial charge is 0.497 e. The minimum Gasteiger partial charge on any atom is -0.497 e. The second-order valence-electron chi connectivity index (χ2n) is 8.21. The minimum atomic E-state index is -0.871. The third kappa shape index (κ3) is 3.69. The Hall–Kier alpha value is -2.61. The molecule has 2 saturated heterocycles. The van der Waals surface area contributed by atoms with Gasteiger partial charge >= 0.3 is 6.03 Å². The summed E-state index contributed by atoms with van der Waals surface area (Å²) in [6.07, 6.45) is 4.33. The lowest BCUT2D eigenvalue weighted by Gasteiger charge is -2.47. The lowest BCUT2D eigenvalue weighted by molar-refractivity contribution is -0.144. The summed E-state index contributed by atoms with van der Waals surface area (Å²) in [6.45, 7) is 1.01. The smallest absolute Gasteiger partial charge is 0.329 e. The number of hydrogen-bond donors (Lipinski definition) is 2. The number of nitrogens with one attached hydrogen (secondary N) is 1. The fraction of sp³-hybridized carbons (Fsp3) is 0.571. The van der Waals surface area contributed by atoms with Gasteiger partial charge in [-0.05, 0) is 43.5 Å². The van der Waals surface area contributed by atoms with Crippen molar-refractivity contribution in [3.05, 3.63) is 24.3 Å². The first-order valence-electron chi connectivity index (χ1n) is 10.2. The number of carbonyl (C=O) groups excluding carboxylic acids is 3. The lowest BCUT2D eigenvalue weighted by Crippen LogP contribution is -2.55. The number of nitrogens with zero attached hydrogens (tertiary/aromatic N) is 2. The molecule has 3 aliphatic rings. The van der Waals surface area contributed by atoms with Crippen molar-refractivity contribution >= 4 is 23.5 Å². The third-order valence-corrected chi connectivity index (χ3v) is 6.51. The molecule has 29 heavy (non-hydrogen) atoms. The average Bonchev–Trinajstić information content (AvgIpc) is 3.00. The summed E-state index contributed by atoms with van der Waals surface area (Å²) in [4.78, 5) is 40.7. The number of methoxy groups -OCH3 is 1. The quantitative estimate of drug-likeness (QED) is 0.748. The van der Waals surface area contributed by atoms with Gasteiger partial charge in [-0.15, -0.1) is 0 Å². The van der Waals surface area contributed by atoms with Gasteiger partial charge in [0.2, 0.25) is 5.91 Å². The number of benzene rings is 1. The molecule has 0 radical (unpaired) electrons. The molecular weight excluding hydrogens is 374 g/mol. The molecule has 1 aromatic rings. The van der Waals surface area contributed by atoms with Crippen LogP contribution in [0.3, 0.4) is 0 Å². The van der Waals surface area contributed by atoms with Crippen molar-refractivity contribution in [2.75, 3.05) is 25.1 Å². The molecule has 8 nitrogen and oxygen atoms in total. The normalized spacial score (nSPS) is 29.4. The summed E-state index contributed by atoms with van der Waals surface area (Å²) in [5.41, 5.74) is -0.217. The molecule has 1 saturated carbocycles. The van der Waals surface area contributed by atoms with E-state index >= 15 is 0 Å². The SMILES string of the molecule is COc1ccc(N2C(=O)N[C@@H](CC(=O)N3CC[C@]4(O)CCCC[C@@H]4C3)C2=O)cc1. The zero-order chi connectivity index (χ0) is 20.6. The van der Waals surface area contributed by atoms with E-state index in [2.05, 4.69) is 5.32 Å². The molecule has 0 unspecified atom stereocenters. The summed E-state index contributed by atoms with van der Waals surface area (Å²) in [5.74, 6) is 0.131. The number of rotatable bonds is 4. The maximum atomic E-state index is 12.8. The number of aliphatic hydroxyl groups is 1. The molecule has 2 heterocycles. The average molecular weight is 401 g/mol. The Morgan fingerprint density at radius 2 is 2.00 bits per heavy atom. The zero-order valence-electron chi connectivity index (χ0n) is 16.6. The van der Waals surface area contributed by atoms with E-state index in [1.807, 2.05) is 0 Å². The van der Waals surface area contributed by atoms with Crippen molar-refractivity contribution in [1.82, 2.24) is 10.2 Å². The Kier molecular flexibility index (Phi) is 5.21. The first kappa shape index (κ1) is 19.7. The number of anilines is 1. The number of fused-ring (bicyclic) bond motifs is 1. The molecule has 0 spiro atoms. The van der Waals surface area contributed by atoms with Gasteiger partial charge in [0.1, 0.15) is 11.8 Å². The number of likely N-dealkylation sites (tertiary alicyclic amines) is 1. The molecule has 0 aromatic heterocycles. The fourth-order valence-electron chi connectivity index (χ4n) is 4.75. The predicted octanol–water partition coefficient (Wildman–Crippen LogP) is 1.66. The Balaban J connectivity index is 1.40. The highest BCUT2D eigenvalue weighted by Gasteiger charge is 2.45. The zero-order valence-corrected chi connectivity index (χ0v) is 16.6. The topological polar surface area (TPSA) is 99.2 Å². The van der Waals surface area contributed by atoms with Gasteiger partial charge in [0.05, 0.1) is 24.8 Å². The van der Waals surface area contributed by atoms with Crippen LogP contribution in [0, 0.1) is 5.92 Å². The first-order chi connectivity index (χ1) is 13.9. The number of imide groups is 1.